The summed E-state index contributed by atoms with van der Waals surface area (Å²) in [5.74, 6) is -0.794. The van der Waals surface area contributed by atoms with E-state index in [1.807, 2.05) is 6.07 Å². The number of ether oxygens (including phenoxy) is 1. The summed E-state index contributed by atoms with van der Waals surface area (Å²) in [5.41, 5.74) is 1.45. The van der Waals surface area contributed by atoms with Crippen molar-refractivity contribution >= 4 is 21.5 Å². The van der Waals surface area contributed by atoms with E-state index >= 15 is 0 Å². The van der Waals surface area contributed by atoms with Crippen LogP contribution >= 0.6 is 0 Å². The van der Waals surface area contributed by atoms with Gasteiger partial charge in [0, 0.05) is 47.4 Å². The molecule has 0 saturated heterocycles. The molecule has 0 saturated carbocycles. The summed E-state index contributed by atoms with van der Waals surface area (Å²) in [6, 6.07) is 11.0. The molecule has 2 N–H and O–H groups in total. The van der Waals surface area contributed by atoms with Crippen LogP contribution in [0.1, 0.15) is 44.1 Å². The molecular formula is C27H28F3N7O4S. The highest BCUT2D eigenvalue weighted by Crippen LogP contribution is 2.25. The summed E-state index contributed by atoms with van der Waals surface area (Å²) < 4.78 is 59.4. The lowest BCUT2D eigenvalue weighted by molar-refractivity contribution is -0.153. The Morgan fingerprint density at radius 2 is 2.10 bits per heavy atom. The Balaban J connectivity index is 1.54. The quantitative estimate of drug-likeness (QED) is 0.338. The molecule has 11 nitrogen and oxygen atoms in total. The number of hydrogen-bond donors (Lipinski definition) is 2. The molecule has 0 fully saturated rings. The normalized spacial score (nSPS) is 14.9. The maximum Gasteiger partial charge on any atom is 0.422 e. The zero-order valence-electron chi connectivity index (χ0n) is 22.8. The number of carbonyl (C=O) groups is 2. The number of nitrogens with one attached hydrogen (secondary N) is 2. The van der Waals surface area contributed by atoms with Crippen molar-refractivity contribution in [1.82, 2.24) is 25.4 Å². The number of benzene rings is 1. The van der Waals surface area contributed by atoms with Crippen LogP contribution in [-0.4, -0.2) is 75.2 Å². The van der Waals surface area contributed by atoms with E-state index in [1.54, 1.807) is 12.1 Å². The number of aromatic nitrogens is 3. The molecule has 0 bridgehead atoms. The highest BCUT2D eigenvalue weighted by atomic mass is 32.2. The molecule has 2 aromatic heterocycles. The van der Waals surface area contributed by atoms with Crippen LogP contribution in [0.25, 0.3) is 5.82 Å². The van der Waals surface area contributed by atoms with Crippen molar-refractivity contribution in [2.45, 2.75) is 31.5 Å². The predicted molar refractivity (Wildman–Crippen MR) is 147 cm³/mol. The second-order valence-electron chi connectivity index (χ2n) is 9.85. The number of nitriles is 1. The summed E-state index contributed by atoms with van der Waals surface area (Å²) in [6.07, 6.45) is 1.02. The van der Waals surface area contributed by atoms with Crippen LogP contribution in [0.15, 0.2) is 47.0 Å². The Hall–Kier alpha value is -4.45. The number of pyridine rings is 1. The number of rotatable bonds is 10. The standard InChI is InChI=1S/C27H28F3N7O4S/c1-42(2,40)34-11-10-32-26(39)24-23-21(36-37(24)22-9-7-18(14-31)15-33-22)13-19(35-25(23)38)8-6-17-4-3-5-20(12-17)41-16-27(28,29)30/h3-5,7,9,12,15,19H,6,8,10-11,13,16H2,1-2H3,(H,32,39)(H,35,38)/t19-/m0/s1. The number of aryl methyl sites for hydroxylation is 1. The van der Waals surface area contributed by atoms with Crippen LogP contribution in [0, 0.1) is 11.3 Å². The van der Waals surface area contributed by atoms with Crippen molar-refractivity contribution in [1.29, 1.82) is 5.26 Å². The molecule has 1 aromatic carbocycles. The molecule has 3 aromatic rings. The number of alkyl halides is 3. The molecule has 1 atom stereocenters. The van der Waals surface area contributed by atoms with Gasteiger partial charge in [0.2, 0.25) is 0 Å². The first-order chi connectivity index (χ1) is 19.8. The van der Waals surface area contributed by atoms with Crippen molar-refractivity contribution in [3.8, 4) is 17.6 Å². The van der Waals surface area contributed by atoms with Gasteiger partial charge in [-0.3, -0.25) is 13.8 Å². The topological polar surface area (TPSA) is 151 Å². The predicted octanol–water partition coefficient (Wildman–Crippen LogP) is 2.82. The van der Waals surface area contributed by atoms with Gasteiger partial charge in [-0.1, -0.05) is 12.1 Å². The van der Waals surface area contributed by atoms with E-state index in [-0.39, 0.29) is 48.4 Å². The van der Waals surface area contributed by atoms with Crippen LogP contribution in [-0.2, 0) is 22.6 Å². The largest absolute Gasteiger partial charge is 0.484 e. The van der Waals surface area contributed by atoms with Gasteiger partial charge in [-0.2, -0.15) is 23.5 Å². The molecule has 222 valence electrons. The monoisotopic (exact) mass is 603 g/mol. The van der Waals surface area contributed by atoms with E-state index in [1.165, 1.54) is 47.7 Å². The summed E-state index contributed by atoms with van der Waals surface area (Å²) in [7, 11) is -2.35. The molecule has 0 spiro atoms. The van der Waals surface area contributed by atoms with Gasteiger partial charge in [0.05, 0.1) is 23.4 Å². The van der Waals surface area contributed by atoms with Gasteiger partial charge in [-0.15, -0.1) is 0 Å². The van der Waals surface area contributed by atoms with E-state index < -0.39 is 34.3 Å². The van der Waals surface area contributed by atoms with Gasteiger partial charge in [-0.05, 0) is 42.7 Å². The Kier molecular flexibility index (Phi) is 9.15. The minimum absolute atomic E-state index is 0.0404. The zero-order chi connectivity index (χ0) is 30.5. The lowest BCUT2D eigenvalue weighted by Gasteiger charge is -2.23. The summed E-state index contributed by atoms with van der Waals surface area (Å²) in [5, 5.41) is 19.2. The van der Waals surface area contributed by atoms with E-state index in [0.29, 0.717) is 24.1 Å². The molecule has 1 aliphatic rings. The first-order valence-corrected chi connectivity index (χ1v) is 15.1. The first kappa shape index (κ1) is 30.5. The van der Waals surface area contributed by atoms with Crippen LogP contribution in [0.4, 0.5) is 13.2 Å². The third-order valence-corrected chi connectivity index (χ3v) is 6.96. The Morgan fingerprint density at radius 1 is 1.31 bits per heavy atom. The van der Waals surface area contributed by atoms with Crippen LogP contribution in [0.2, 0.25) is 0 Å². The van der Waals surface area contributed by atoms with Crippen molar-refractivity contribution in [3.63, 3.8) is 0 Å². The van der Waals surface area contributed by atoms with Gasteiger partial charge in [0.25, 0.3) is 11.8 Å². The van der Waals surface area contributed by atoms with Gasteiger partial charge in [-0.25, -0.2) is 14.0 Å². The van der Waals surface area contributed by atoms with E-state index in [0.717, 1.165) is 5.56 Å². The van der Waals surface area contributed by atoms with Gasteiger partial charge >= 0.3 is 6.18 Å². The fraction of sp³-hybridized carbons (Fsp3) is 0.370. The maximum atomic E-state index is 13.3. The number of halogens is 3. The van der Waals surface area contributed by atoms with Crippen molar-refractivity contribution in [2.24, 2.45) is 4.36 Å². The summed E-state index contributed by atoms with van der Waals surface area (Å²) >= 11 is 0. The van der Waals surface area contributed by atoms with Crippen LogP contribution in [0.5, 0.6) is 5.75 Å². The van der Waals surface area contributed by atoms with E-state index in [4.69, 9.17) is 10.00 Å². The molecule has 0 radical (unpaired) electrons. The molecule has 3 heterocycles. The molecule has 1 aliphatic heterocycles. The van der Waals surface area contributed by atoms with Gasteiger partial charge < -0.3 is 15.4 Å². The average molecular weight is 604 g/mol. The third-order valence-electron chi connectivity index (χ3n) is 6.15. The number of carbonyl (C=O) groups excluding carboxylic acids is 2. The Bertz CT molecular complexity index is 1630. The number of fused-ring (bicyclic) bond motifs is 1. The van der Waals surface area contributed by atoms with Crippen molar-refractivity contribution in [2.75, 3.05) is 32.2 Å². The molecule has 15 heteroatoms. The van der Waals surface area contributed by atoms with Gasteiger partial charge in [0.1, 0.15) is 17.5 Å². The summed E-state index contributed by atoms with van der Waals surface area (Å²) in [4.78, 5) is 30.8. The maximum absolute atomic E-state index is 13.3. The van der Waals surface area contributed by atoms with Crippen molar-refractivity contribution in [3.05, 3.63) is 70.7 Å². The van der Waals surface area contributed by atoms with Gasteiger partial charge in [0.15, 0.2) is 12.4 Å². The van der Waals surface area contributed by atoms with Crippen molar-refractivity contribution < 1.29 is 31.7 Å². The molecular weight excluding hydrogens is 575 g/mol. The highest BCUT2D eigenvalue weighted by Gasteiger charge is 2.35. The molecule has 42 heavy (non-hydrogen) atoms. The zero-order valence-corrected chi connectivity index (χ0v) is 23.6. The van der Waals surface area contributed by atoms with Crippen LogP contribution in [0.3, 0.4) is 0 Å². The smallest absolute Gasteiger partial charge is 0.422 e. The van der Waals surface area contributed by atoms with Crippen LogP contribution < -0.4 is 15.4 Å². The summed E-state index contributed by atoms with van der Waals surface area (Å²) in [6.45, 7) is -1.20. The second-order valence-corrected chi connectivity index (χ2v) is 12.5. The number of amides is 2. The lowest BCUT2D eigenvalue weighted by Crippen LogP contribution is -2.42. The number of nitrogens with zero attached hydrogens (tertiary/aromatic N) is 5. The Labute approximate surface area is 240 Å². The minimum Gasteiger partial charge on any atom is -0.484 e. The van der Waals surface area contributed by atoms with E-state index in [9.17, 15) is 27.0 Å². The average Bonchev–Trinajstić information content (AvgIpc) is 3.33. The van der Waals surface area contributed by atoms with E-state index in [2.05, 4.69) is 25.1 Å². The highest BCUT2D eigenvalue weighted by molar-refractivity contribution is 7.92. The minimum atomic E-state index is -4.45. The molecule has 4 rings (SSSR count). The molecule has 2 amide bonds. The lowest BCUT2D eigenvalue weighted by atomic mass is 9.95. The fourth-order valence-corrected chi connectivity index (χ4v) is 4.86. The Morgan fingerprint density at radius 3 is 2.76 bits per heavy atom. The number of hydrogen-bond acceptors (Lipinski definition) is 8. The fourth-order valence-electron chi connectivity index (χ4n) is 4.33. The first-order valence-electron chi connectivity index (χ1n) is 12.8. The SMILES string of the molecule is CS(C)(=O)=NCCNC(=O)c1c2c(nn1-c1ccc(C#N)cn1)C[C@H](CCc1cccc(OCC(F)(F)F)c1)NC2=O. The molecule has 0 aliphatic carbocycles. The molecule has 0 unspecified atom stereocenters. The third kappa shape index (κ3) is 8.06. The second kappa shape index (κ2) is 12.6.